The molecule has 3 aromatic rings. The first-order valence-corrected chi connectivity index (χ1v) is 6.17. The largest absolute Gasteiger partial charge is 0.255 e. The quantitative estimate of drug-likeness (QED) is 0.666. The Morgan fingerprint density at radius 2 is 1.74 bits per heavy atom. The van der Waals surface area contributed by atoms with Gasteiger partial charge < -0.3 is 0 Å². The van der Waals surface area contributed by atoms with Crippen molar-refractivity contribution in [2.45, 2.75) is 6.42 Å². The van der Waals surface area contributed by atoms with Crippen LogP contribution in [0.3, 0.4) is 0 Å². The number of hydrogen-bond donors (Lipinski definition) is 0. The molecule has 0 radical (unpaired) electrons. The SMILES string of the molecule is C=CCc1nnc(-c2ccccn2)c2ccccc12. The van der Waals surface area contributed by atoms with E-state index in [0.29, 0.717) is 0 Å². The maximum atomic E-state index is 4.35. The van der Waals surface area contributed by atoms with Crippen LogP contribution in [0, 0.1) is 0 Å². The normalized spacial score (nSPS) is 10.5. The summed E-state index contributed by atoms with van der Waals surface area (Å²) in [6.45, 7) is 3.76. The van der Waals surface area contributed by atoms with Crippen molar-refractivity contribution in [3.8, 4) is 11.4 Å². The fraction of sp³-hybridized carbons (Fsp3) is 0.0625. The molecule has 2 aromatic heterocycles. The summed E-state index contributed by atoms with van der Waals surface area (Å²) in [6.07, 6.45) is 4.33. The molecule has 0 atom stereocenters. The maximum Gasteiger partial charge on any atom is 0.119 e. The molecule has 0 saturated heterocycles. The first-order chi connectivity index (χ1) is 9.40. The minimum atomic E-state index is 0.718. The Kier molecular flexibility index (Phi) is 3.02. The van der Waals surface area contributed by atoms with E-state index >= 15 is 0 Å². The number of pyridine rings is 1. The van der Waals surface area contributed by atoms with E-state index in [1.165, 1.54) is 0 Å². The van der Waals surface area contributed by atoms with Crippen LogP contribution in [0.2, 0.25) is 0 Å². The zero-order valence-corrected chi connectivity index (χ0v) is 10.5. The second-order valence-electron chi connectivity index (χ2n) is 4.25. The Hall–Kier alpha value is -2.55. The number of benzene rings is 1. The van der Waals surface area contributed by atoms with Crippen LogP contribution >= 0.6 is 0 Å². The van der Waals surface area contributed by atoms with E-state index in [2.05, 4.69) is 33.9 Å². The Balaban J connectivity index is 2.28. The fourth-order valence-electron chi connectivity index (χ4n) is 2.14. The molecule has 0 aliphatic heterocycles. The number of allylic oxidation sites excluding steroid dienone is 1. The van der Waals surface area contributed by atoms with Crippen molar-refractivity contribution in [1.29, 1.82) is 0 Å². The van der Waals surface area contributed by atoms with Gasteiger partial charge in [-0.25, -0.2) is 0 Å². The number of fused-ring (bicyclic) bond motifs is 1. The Morgan fingerprint density at radius 1 is 0.947 bits per heavy atom. The average molecular weight is 247 g/mol. The highest BCUT2D eigenvalue weighted by molar-refractivity contribution is 5.94. The highest BCUT2D eigenvalue weighted by atomic mass is 15.1. The first kappa shape index (κ1) is 11.5. The van der Waals surface area contributed by atoms with E-state index in [1.807, 2.05) is 36.4 Å². The molecular formula is C16H13N3. The topological polar surface area (TPSA) is 38.7 Å². The van der Waals surface area contributed by atoms with Crippen LogP contribution in [0.15, 0.2) is 61.3 Å². The predicted octanol–water partition coefficient (Wildman–Crippen LogP) is 3.42. The van der Waals surface area contributed by atoms with Gasteiger partial charge in [0.1, 0.15) is 5.69 Å². The molecule has 2 heterocycles. The number of nitrogens with zero attached hydrogens (tertiary/aromatic N) is 3. The van der Waals surface area contributed by atoms with Crippen molar-refractivity contribution in [2.75, 3.05) is 0 Å². The third-order valence-electron chi connectivity index (χ3n) is 3.01. The molecule has 0 aliphatic rings. The van der Waals surface area contributed by atoms with Gasteiger partial charge in [0, 0.05) is 23.4 Å². The lowest BCUT2D eigenvalue weighted by atomic mass is 10.1. The maximum absolute atomic E-state index is 4.35. The van der Waals surface area contributed by atoms with Crippen LogP contribution in [-0.4, -0.2) is 15.2 Å². The van der Waals surface area contributed by atoms with Crippen molar-refractivity contribution in [2.24, 2.45) is 0 Å². The molecule has 19 heavy (non-hydrogen) atoms. The van der Waals surface area contributed by atoms with Crippen LogP contribution in [0.5, 0.6) is 0 Å². The third kappa shape index (κ3) is 2.10. The molecule has 3 nitrogen and oxygen atoms in total. The van der Waals surface area contributed by atoms with Crippen LogP contribution < -0.4 is 0 Å². The van der Waals surface area contributed by atoms with Gasteiger partial charge in [0.25, 0.3) is 0 Å². The lowest BCUT2D eigenvalue weighted by Crippen LogP contribution is -1.97. The van der Waals surface area contributed by atoms with E-state index in [0.717, 1.165) is 34.3 Å². The van der Waals surface area contributed by atoms with Gasteiger partial charge >= 0.3 is 0 Å². The molecule has 0 unspecified atom stereocenters. The molecular weight excluding hydrogens is 234 g/mol. The van der Waals surface area contributed by atoms with Crippen LogP contribution in [0.1, 0.15) is 5.69 Å². The molecule has 1 aromatic carbocycles. The molecule has 0 bridgehead atoms. The van der Waals surface area contributed by atoms with Crippen LogP contribution in [0.25, 0.3) is 22.2 Å². The first-order valence-electron chi connectivity index (χ1n) is 6.17. The second kappa shape index (κ2) is 4.98. The minimum Gasteiger partial charge on any atom is -0.255 e. The Morgan fingerprint density at radius 3 is 2.47 bits per heavy atom. The van der Waals surface area contributed by atoms with Gasteiger partial charge in [-0.1, -0.05) is 36.4 Å². The zero-order chi connectivity index (χ0) is 13.1. The van der Waals surface area contributed by atoms with E-state index in [-0.39, 0.29) is 0 Å². The summed E-state index contributed by atoms with van der Waals surface area (Å²) >= 11 is 0. The van der Waals surface area contributed by atoms with E-state index in [9.17, 15) is 0 Å². The van der Waals surface area contributed by atoms with E-state index in [4.69, 9.17) is 0 Å². The van der Waals surface area contributed by atoms with Gasteiger partial charge in [-0.05, 0) is 12.1 Å². The van der Waals surface area contributed by atoms with Crippen molar-refractivity contribution >= 4 is 10.8 Å². The highest BCUT2D eigenvalue weighted by Gasteiger charge is 2.10. The second-order valence-corrected chi connectivity index (χ2v) is 4.25. The molecule has 92 valence electrons. The third-order valence-corrected chi connectivity index (χ3v) is 3.01. The number of aromatic nitrogens is 3. The molecule has 0 amide bonds. The Bertz CT molecular complexity index is 720. The summed E-state index contributed by atoms with van der Waals surface area (Å²) in [5.74, 6) is 0. The standard InChI is InChI=1S/C16H13N3/c1-2-7-14-12-8-3-4-9-13(12)16(19-18-14)15-10-5-6-11-17-15/h2-6,8-11H,1,7H2. The summed E-state index contributed by atoms with van der Waals surface area (Å²) in [5, 5.41) is 10.8. The molecule has 3 heteroatoms. The van der Waals surface area contributed by atoms with Crippen molar-refractivity contribution < 1.29 is 0 Å². The van der Waals surface area contributed by atoms with Gasteiger partial charge in [-0.3, -0.25) is 4.98 Å². The fourth-order valence-corrected chi connectivity index (χ4v) is 2.14. The molecule has 0 N–H and O–H groups in total. The smallest absolute Gasteiger partial charge is 0.119 e. The number of rotatable bonds is 3. The van der Waals surface area contributed by atoms with Crippen LogP contribution in [-0.2, 0) is 6.42 Å². The molecule has 3 rings (SSSR count). The molecule has 0 saturated carbocycles. The molecule has 0 aliphatic carbocycles. The van der Waals surface area contributed by atoms with Gasteiger partial charge in [0.2, 0.25) is 0 Å². The van der Waals surface area contributed by atoms with Crippen LogP contribution in [0.4, 0.5) is 0 Å². The van der Waals surface area contributed by atoms with Crippen molar-refractivity contribution in [1.82, 2.24) is 15.2 Å². The summed E-state index contributed by atoms with van der Waals surface area (Å²) in [4.78, 5) is 4.35. The minimum absolute atomic E-state index is 0.718. The van der Waals surface area contributed by atoms with Gasteiger partial charge in [0.05, 0.1) is 11.4 Å². The summed E-state index contributed by atoms with van der Waals surface area (Å²) < 4.78 is 0. The summed E-state index contributed by atoms with van der Waals surface area (Å²) in [7, 11) is 0. The summed E-state index contributed by atoms with van der Waals surface area (Å²) in [5.41, 5.74) is 2.62. The van der Waals surface area contributed by atoms with Gasteiger partial charge in [-0.15, -0.1) is 11.7 Å². The lowest BCUT2D eigenvalue weighted by Gasteiger charge is -2.07. The molecule has 0 spiro atoms. The monoisotopic (exact) mass is 247 g/mol. The van der Waals surface area contributed by atoms with Crippen molar-refractivity contribution in [3.05, 3.63) is 67.0 Å². The van der Waals surface area contributed by atoms with E-state index in [1.54, 1.807) is 6.20 Å². The van der Waals surface area contributed by atoms with E-state index < -0.39 is 0 Å². The average Bonchev–Trinajstić information content (AvgIpc) is 2.49. The van der Waals surface area contributed by atoms with Gasteiger partial charge in [0.15, 0.2) is 0 Å². The van der Waals surface area contributed by atoms with Crippen molar-refractivity contribution in [3.63, 3.8) is 0 Å². The highest BCUT2D eigenvalue weighted by Crippen LogP contribution is 2.26. The predicted molar refractivity (Wildman–Crippen MR) is 76.7 cm³/mol. The zero-order valence-electron chi connectivity index (χ0n) is 10.5. The molecule has 0 fully saturated rings. The lowest BCUT2D eigenvalue weighted by molar-refractivity contribution is 0.972. The van der Waals surface area contributed by atoms with Gasteiger partial charge in [-0.2, -0.15) is 5.10 Å². The Labute approximate surface area is 111 Å². The summed E-state index contributed by atoms with van der Waals surface area (Å²) in [6, 6.07) is 13.9. The number of hydrogen-bond acceptors (Lipinski definition) is 3.